The second-order valence-corrected chi connectivity index (χ2v) is 9.52. The van der Waals surface area contributed by atoms with Gasteiger partial charge in [0, 0.05) is 12.8 Å². The van der Waals surface area contributed by atoms with Gasteiger partial charge in [0.25, 0.3) is 0 Å². The van der Waals surface area contributed by atoms with Gasteiger partial charge in [0.1, 0.15) is 23.9 Å². The molecule has 0 aliphatic heterocycles. The topological polar surface area (TPSA) is 191 Å². The molecule has 206 valence electrons. The Kier molecular flexibility index (Phi) is 11.2. The lowest BCUT2D eigenvalue weighted by Crippen LogP contribution is -2.60. The fourth-order valence-electron chi connectivity index (χ4n) is 3.62. The molecule has 0 heterocycles. The molecule has 0 radical (unpaired) electrons. The van der Waals surface area contributed by atoms with Gasteiger partial charge in [0.15, 0.2) is 0 Å². The molecule has 2 aromatic rings. The van der Waals surface area contributed by atoms with E-state index >= 15 is 0 Å². The van der Waals surface area contributed by atoms with Gasteiger partial charge in [0.05, 0.1) is 12.1 Å². The van der Waals surface area contributed by atoms with Crippen LogP contribution in [0.15, 0.2) is 54.6 Å². The van der Waals surface area contributed by atoms with Gasteiger partial charge in [0.2, 0.25) is 17.7 Å². The molecule has 3 amide bonds. The lowest BCUT2D eigenvalue weighted by atomic mass is 10.0. The van der Waals surface area contributed by atoms with Crippen LogP contribution in [0.25, 0.3) is 0 Å². The highest BCUT2D eigenvalue weighted by atomic mass is 16.4. The molecule has 0 bridgehead atoms. The van der Waals surface area contributed by atoms with E-state index in [9.17, 15) is 34.5 Å². The molecule has 0 aliphatic rings. The maximum Gasteiger partial charge on any atom is 0.326 e. The summed E-state index contributed by atoms with van der Waals surface area (Å²) >= 11 is 0. The fraction of sp³-hybridized carbons (Fsp3) is 0.407. The smallest absolute Gasteiger partial charge is 0.326 e. The molecule has 0 aliphatic carbocycles. The molecule has 2 rings (SSSR count). The summed E-state index contributed by atoms with van der Waals surface area (Å²) in [5.41, 5.74) is 7.21. The monoisotopic (exact) mass is 528 g/mol. The number of aliphatic hydroxyl groups excluding tert-OH is 1. The largest absolute Gasteiger partial charge is 0.508 e. The zero-order valence-corrected chi connectivity index (χ0v) is 21.6. The van der Waals surface area contributed by atoms with E-state index in [0.29, 0.717) is 11.1 Å². The summed E-state index contributed by atoms with van der Waals surface area (Å²) in [4.78, 5) is 50.7. The van der Waals surface area contributed by atoms with Gasteiger partial charge in [-0.2, -0.15) is 0 Å². The Balaban J connectivity index is 2.21. The Labute approximate surface area is 221 Å². The Bertz CT molecular complexity index is 1090. The number of carboxylic acid groups (broad SMARTS) is 1. The molecule has 0 aromatic heterocycles. The average Bonchev–Trinajstić information content (AvgIpc) is 2.87. The van der Waals surface area contributed by atoms with Crippen molar-refractivity contribution in [2.24, 2.45) is 11.7 Å². The third-order valence-corrected chi connectivity index (χ3v) is 5.99. The van der Waals surface area contributed by atoms with Crippen LogP contribution in [0.2, 0.25) is 0 Å². The van der Waals surface area contributed by atoms with Crippen LogP contribution in [-0.2, 0) is 32.0 Å². The molecule has 0 saturated carbocycles. The van der Waals surface area contributed by atoms with Crippen LogP contribution in [0.5, 0.6) is 5.75 Å². The number of nitrogens with two attached hydrogens (primary N) is 1. The van der Waals surface area contributed by atoms with Gasteiger partial charge in [-0.15, -0.1) is 0 Å². The molecule has 11 heteroatoms. The van der Waals surface area contributed by atoms with Crippen molar-refractivity contribution in [1.29, 1.82) is 0 Å². The number of carboxylic acids is 1. The number of rotatable bonds is 13. The fourth-order valence-corrected chi connectivity index (χ4v) is 3.62. The number of phenols is 1. The molecule has 0 saturated heterocycles. The van der Waals surface area contributed by atoms with Gasteiger partial charge in [-0.1, -0.05) is 56.3 Å². The first-order valence-corrected chi connectivity index (χ1v) is 12.3. The van der Waals surface area contributed by atoms with Gasteiger partial charge in [-0.3, -0.25) is 14.4 Å². The number of nitrogens with one attached hydrogen (secondary N) is 3. The summed E-state index contributed by atoms with van der Waals surface area (Å²) in [7, 11) is 0. The number of benzene rings is 2. The standard InChI is InChI=1S/C27H36N4O7/c1-15(2)22(28)25(35)29-20(13-18-9-11-19(33)12-10-18)24(34)31-23(16(3)32)26(36)30-21(27(37)38)14-17-7-5-4-6-8-17/h4-12,15-16,20-23,32-33H,13-14,28H2,1-3H3,(H,29,35)(H,30,36)(H,31,34)(H,37,38). The molecule has 8 N–H and O–H groups in total. The van der Waals surface area contributed by atoms with Crippen LogP contribution >= 0.6 is 0 Å². The Morgan fingerprint density at radius 2 is 1.29 bits per heavy atom. The maximum atomic E-state index is 13.2. The number of carbonyl (C=O) groups is 4. The molecular weight excluding hydrogens is 492 g/mol. The summed E-state index contributed by atoms with van der Waals surface area (Å²) in [5, 5.41) is 36.8. The van der Waals surface area contributed by atoms with Crippen molar-refractivity contribution in [3.05, 3.63) is 65.7 Å². The molecule has 11 nitrogen and oxygen atoms in total. The van der Waals surface area contributed by atoms with Crippen molar-refractivity contribution >= 4 is 23.7 Å². The van der Waals surface area contributed by atoms with Gasteiger partial charge < -0.3 is 37.0 Å². The Hall–Kier alpha value is -3.96. The van der Waals surface area contributed by atoms with E-state index in [1.54, 1.807) is 56.3 Å². The molecule has 0 spiro atoms. The van der Waals surface area contributed by atoms with Crippen LogP contribution < -0.4 is 21.7 Å². The van der Waals surface area contributed by atoms with Crippen molar-refractivity contribution in [3.63, 3.8) is 0 Å². The molecule has 2 aromatic carbocycles. The zero-order valence-electron chi connectivity index (χ0n) is 21.6. The normalized spacial score (nSPS) is 15.0. The molecular formula is C27H36N4O7. The summed E-state index contributed by atoms with van der Waals surface area (Å²) in [6.07, 6.45) is -1.38. The molecule has 38 heavy (non-hydrogen) atoms. The van der Waals surface area contributed by atoms with E-state index in [-0.39, 0.29) is 24.5 Å². The van der Waals surface area contributed by atoms with Crippen LogP contribution in [0.1, 0.15) is 31.9 Å². The molecule has 0 fully saturated rings. The first-order valence-electron chi connectivity index (χ1n) is 12.3. The van der Waals surface area contributed by atoms with E-state index in [1.807, 2.05) is 0 Å². The van der Waals surface area contributed by atoms with Crippen molar-refractivity contribution in [1.82, 2.24) is 16.0 Å². The second-order valence-electron chi connectivity index (χ2n) is 9.52. The number of carbonyl (C=O) groups excluding carboxylic acids is 3. The summed E-state index contributed by atoms with van der Waals surface area (Å²) in [6.45, 7) is 4.78. The van der Waals surface area contributed by atoms with E-state index in [2.05, 4.69) is 16.0 Å². The van der Waals surface area contributed by atoms with Gasteiger partial charge >= 0.3 is 5.97 Å². The van der Waals surface area contributed by atoms with E-state index < -0.39 is 54.0 Å². The van der Waals surface area contributed by atoms with Crippen molar-refractivity contribution in [3.8, 4) is 5.75 Å². The third-order valence-electron chi connectivity index (χ3n) is 5.99. The van der Waals surface area contributed by atoms with E-state index in [4.69, 9.17) is 5.73 Å². The first kappa shape index (κ1) is 30.3. The number of phenolic OH excluding ortho intramolecular Hbond substituents is 1. The summed E-state index contributed by atoms with van der Waals surface area (Å²) < 4.78 is 0. The van der Waals surface area contributed by atoms with Gasteiger partial charge in [-0.25, -0.2) is 4.79 Å². The van der Waals surface area contributed by atoms with Crippen molar-refractivity contribution < 1.29 is 34.5 Å². The van der Waals surface area contributed by atoms with E-state index in [1.165, 1.54) is 19.1 Å². The maximum absolute atomic E-state index is 13.2. The summed E-state index contributed by atoms with van der Waals surface area (Å²) in [5.74, 6) is -3.72. The third kappa shape index (κ3) is 9.16. The first-order chi connectivity index (χ1) is 17.9. The minimum Gasteiger partial charge on any atom is -0.508 e. The van der Waals surface area contributed by atoms with Crippen LogP contribution in [0, 0.1) is 5.92 Å². The molecule has 5 unspecified atom stereocenters. The predicted octanol–water partition coefficient (Wildman–Crippen LogP) is 0.0805. The lowest BCUT2D eigenvalue weighted by Gasteiger charge is -2.27. The van der Waals surface area contributed by atoms with E-state index in [0.717, 1.165) is 0 Å². The minimum absolute atomic E-state index is 0.00255. The number of hydrogen-bond acceptors (Lipinski definition) is 7. The minimum atomic E-state index is -1.50. The van der Waals surface area contributed by atoms with Gasteiger partial charge in [-0.05, 0) is 36.1 Å². The number of amides is 3. The van der Waals surface area contributed by atoms with Crippen LogP contribution in [0.4, 0.5) is 0 Å². The second kappa shape index (κ2) is 14.1. The van der Waals surface area contributed by atoms with Crippen LogP contribution in [-0.4, -0.2) is 69.3 Å². The SMILES string of the molecule is CC(C)C(N)C(=O)NC(Cc1ccc(O)cc1)C(=O)NC(C(=O)NC(Cc1ccccc1)C(=O)O)C(C)O. The predicted molar refractivity (Wildman–Crippen MR) is 140 cm³/mol. The number of aromatic hydroxyl groups is 1. The van der Waals surface area contributed by atoms with Crippen LogP contribution in [0.3, 0.4) is 0 Å². The average molecular weight is 529 g/mol. The summed E-state index contributed by atoms with van der Waals surface area (Å²) in [6, 6.07) is 9.81. The Morgan fingerprint density at radius 1 is 0.763 bits per heavy atom. The van der Waals surface area contributed by atoms with Crippen molar-refractivity contribution in [2.75, 3.05) is 0 Å². The highest BCUT2D eigenvalue weighted by Crippen LogP contribution is 2.12. The highest BCUT2D eigenvalue weighted by molar-refractivity contribution is 5.94. The number of aliphatic carboxylic acids is 1. The molecule has 5 atom stereocenters. The van der Waals surface area contributed by atoms with Crippen molar-refractivity contribution in [2.45, 2.75) is 63.9 Å². The number of hydrogen-bond donors (Lipinski definition) is 7. The highest BCUT2D eigenvalue weighted by Gasteiger charge is 2.33. The number of aliphatic hydroxyl groups is 1. The Morgan fingerprint density at radius 3 is 1.82 bits per heavy atom. The lowest BCUT2D eigenvalue weighted by molar-refractivity contribution is -0.143. The quantitative estimate of drug-likeness (QED) is 0.190. The zero-order chi connectivity index (χ0) is 28.4.